The summed E-state index contributed by atoms with van der Waals surface area (Å²) in [5, 5.41) is 13.1. The molecule has 3 fully saturated rings. The van der Waals surface area contributed by atoms with Gasteiger partial charge >= 0.3 is 12.2 Å². The van der Waals surface area contributed by atoms with E-state index in [1.165, 1.54) is 0 Å². The standard InChI is InChI=1S/C28H43N3O4/c1-21-10-13-31(25(33)34)28(16-21,26(2,3)4)20-30-14-11-27(12-15-30)17-23(18-27)29-24(32)35-19-22-8-6-5-7-9-22/h5-9,21,23H,10-20H2,1-4H3,(H,29,32)(H,33,34). The second-order valence-electron chi connectivity index (χ2n) is 12.4. The Morgan fingerprint density at radius 1 is 1.09 bits per heavy atom. The van der Waals surface area contributed by atoms with Crippen molar-refractivity contribution in [1.29, 1.82) is 0 Å². The van der Waals surface area contributed by atoms with E-state index in [0.717, 1.165) is 63.7 Å². The van der Waals surface area contributed by atoms with Gasteiger partial charge in [-0.25, -0.2) is 9.59 Å². The lowest BCUT2D eigenvalue weighted by atomic mass is 9.60. The molecule has 2 N–H and O–H groups in total. The number of likely N-dealkylation sites (tertiary alicyclic amines) is 2. The average molecular weight is 486 g/mol. The zero-order valence-corrected chi connectivity index (χ0v) is 21.9. The number of nitrogens with zero attached hydrogens (tertiary/aromatic N) is 2. The van der Waals surface area contributed by atoms with E-state index < -0.39 is 6.09 Å². The number of carbonyl (C=O) groups excluding carboxylic acids is 1. The topological polar surface area (TPSA) is 82.1 Å². The average Bonchev–Trinajstić information content (AvgIpc) is 2.78. The Morgan fingerprint density at radius 3 is 2.34 bits per heavy atom. The van der Waals surface area contributed by atoms with Crippen molar-refractivity contribution in [2.45, 2.75) is 84.4 Å². The number of carboxylic acid groups (broad SMARTS) is 1. The molecule has 7 heteroatoms. The monoisotopic (exact) mass is 485 g/mol. The first-order valence-electron chi connectivity index (χ1n) is 13.2. The lowest BCUT2D eigenvalue weighted by Gasteiger charge is -2.58. The summed E-state index contributed by atoms with van der Waals surface area (Å²) in [4.78, 5) is 28.7. The van der Waals surface area contributed by atoms with Crippen LogP contribution < -0.4 is 5.32 Å². The van der Waals surface area contributed by atoms with Crippen molar-refractivity contribution in [2.24, 2.45) is 16.7 Å². The van der Waals surface area contributed by atoms with E-state index >= 15 is 0 Å². The third-order valence-electron chi connectivity index (χ3n) is 8.97. The van der Waals surface area contributed by atoms with Gasteiger partial charge in [-0.15, -0.1) is 0 Å². The van der Waals surface area contributed by atoms with E-state index in [1.807, 2.05) is 30.3 Å². The number of benzene rings is 1. The first-order chi connectivity index (χ1) is 16.5. The Morgan fingerprint density at radius 2 is 1.74 bits per heavy atom. The SMILES string of the molecule is CC1CCN(C(=O)O)C(CN2CCC3(CC2)CC(NC(=O)OCc2ccccc2)C3)(C(C)(C)C)C1. The van der Waals surface area contributed by atoms with Gasteiger partial charge in [0.25, 0.3) is 0 Å². The number of hydrogen-bond donors (Lipinski definition) is 2. The number of hydrogen-bond acceptors (Lipinski definition) is 4. The molecule has 1 aromatic carbocycles. The zero-order chi connectivity index (χ0) is 25.3. The summed E-state index contributed by atoms with van der Waals surface area (Å²) in [6.07, 6.45) is 4.95. The highest BCUT2D eigenvalue weighted by Gasteiger charge is 2.53. The van der Waals surface area contributed by atoms with E-state index in [1.54, 1.807) is 4.90 Å². The molecular weight excluding hydrogens is 442 g/mol. The van der Waals surface area contributed by atoms with Gasteiger partial charge < -0.3 is 25.0 Å². The minimum Gasteiger partial charge on any atom is -0.465 e. The maximum atomic E-state index is 12.2. The van der Waals surface area contributed by atoms with Crippen LogP contribution in [-0.4, -0.2) is 64.9 Å². The predicted molar refractivity (Wildman–Crippen MR) is 136 cm³/mol. The molecule has 2 atom stereocenters. The van der Waals surface area contributed by atoms with E-state index in [2.05, 4.69) is 37.9 Å². The van der Waals surface area contributed by atoms with Crippen LogP contribution in [0.5, 0.6) is 0 Å². The van der Waals surface area contributed by atoms with Crippen LogP contribution in [0.3, 0.4) is 0 Å². The molecular formula is C28H43N3O4. The van der Waals surface area contributed by atoms with Gasteiger partial charge in [0.2, 0.25) is 0 Å². The van der Waals surface area contributed by atoms with E-state index in [-0.39, 0.29) is 23.1 Å². The number of amides is 2. The zero-order valence-electron chi connectivity index (χ0n) is 21.9. The molecule has 1 aliphatic carbocycles. The second-order valence-corrected chi connectivity index (χ2v) is 12.4. The molecule has 2 aliphatic heterocycles. The van der Waals surface area contributed by atoms with Gasteiger partial charge in [-0.2, -0.15) is 0 Å². The fourth-order valence-electron chi connectivity index (χ4n) is 6.71. The number of rotatable bonds is 5. The van der Waals surface area contributed by atoms with Crippen LogP contribution in [0.2, 0.25) is 0 Å². The minimum atomic E-state index is -0.785. The summed E-state index contributed by atoms with van der Waals surface area (Å²) in [5.74, 6) is 0.529. The molecule has 1 spiro atoms. The highest BCUT2D eigenvalue weighted by Crippen LogP contribution is 2.50. The first kappa shape index (κ1) is 25.8. The van der Waals surface area contributed by atoms with Crippen LogP contribution in [0.15, 0.2) is 30.3 Å². The predicted octanol–water partition coefficient (Wildman–Crippen LogP) is 5.35. The van der Waals surface area contributed by atoms with Crippen LogP contribution in [0.4, 0.5) is 9.59 Å². The van der Waals surface area contributed by atoms with Gasteiger partial charge in [0.05, 0.1) is 5.54 Å². The molecule has 35 heavy (non-hydrogen) atoms. The fraction of sp³-hybridized carbons (Fsp3) is 0.714. The van der Waals surface area contributed by atoms with Crippen molar-refractivity contribution in [1.82, 2.24) is 15.1 Å². The summed E-state index contributed by atoms with van der Waals surface area (Å²) in [6.45, 7) is 12.6. The molecule has 1 saturated carbocycles. The number of nitrogens with one attached hydrogen (secondary N) is 1. The highest BCUT2D eigenvalue weighted by molar-refractivity contribution is 5.68. The molecule has 7 nitrogen and oxygen atoms in total. The van der Waals surface area contributed by atoms with Crippen molar-refractivity contribution >= 4 is 12.2 Å². The number of ether oxygens (including phenoxy) is 1. The molecule has 3 aliphatic rings. The molecule has 2 saturated heterocycles. The highest BCUT2D eigenvalue weighted by atomic mass is 16.5. The Kier molecular flexibility index (Phi) is 7.37. The summed E-state index contributed by atoms with van der Waals surface area (Å²) in [5.41, 5.74) is 0.783. The Bertz CT molecular complexity index is 883. The van der Waals surface area contributed by atoms with Crippen LogP contribution in [0.25, 0.3) is 0 Å². The molecule has 0 radical (unpaired) electrons. The van der Waals surface area contributed by atoms with Crippen LogP contribution in [-0.2, 0) is 11.3 Å². The van der Waals surface area contributed by atoms with Gasteiger partial charge in [-0.1, -0.05) is 58.0 Å². The number of piperidine rings is 2. The molecule has 4 rings (SSSR count). The van der Waals surface area contributed by atoms with Crippen LogP contribution in [0.1, 0.15) is 71.8 Å². The fourth-order valence-corrected chi connectivity index (χ4v) is 6.71. The van der Waals surface area contributed by atoms with Gasteiger partial charge in [-0.3, -0.25) is 0 Å². The second kappa shape index (κ2) is 10.00. The van der Waals surface area contributed by atoms with Crippen molar-refractivity contribution in [3.8, 4) is 0 Å². The molecule has 1 aromatic rings. The van der Waals surface area contributed by atoms with Crippen molar-refractivity contribution < 1.29 is 19.4 Å². The third-order valence-corrected chi connectivity index (χ3v) is 8.97. The maximum Gasteiger partial charge on any atom is 0.407 e. The summed E-state index contributed by atoms with van der Waals surface area (Å²) in [7, 11) is 0. The van der Waals surface area contributed by atoms with Gasteiger partial charge in [-0.05, 0) is 73.9 Å². The van der Waals surface area contributed by atoms with Gasteiger partial charge in [0.1, 0.15) is 6.61 Å². The molecule has 2 amide bonds. The summed E-state index contributed by atoms with van der Waals surface area (Å²) < 4.78 is 5.38. The van der Waals surface area contributed by atoms with Crippen molar-refractivity contribution in [3.63, 3.8) is 0 Å². The van der Waals surface area contributed by atoms with Crippen molar-refractivity contribution in [3.05, 3.63) is 35.9 Å². The minimum absolute atomic E-state index is 0.138. The number of carbonyl (C=O) groups is 2. The molecule has 0 aromatic heterocycles. The van der Waals surface area contributed by atoms with E-state index in [9.17, 15) is 14.7 Å². The lowest BCUT2D eigenvalue weighted by Crippen LogP contribution is -2.68. The quantitative estimate of drug-likeness (QED) is 0.587. The largest absolute Gasteiger partial charge is 0.465 e. The normalized spacial score (nSPS) is 27.3. The smallest absolute Gasteiger partial charge is 0.407 e. The van der Waals surface area contributed by atoms with Gasteiger partial charge in [0.15, 0.2) is 0 Å². The van der Waals surface area contributed by atoms with E-state index in [4.69, 9.17) is 4.74 Å². The van der Waals surface area contributed by atoms with Crippen LogP contribution in [0, 0.1) is 16.7 Å². The Balaban J connectivity index is 1.28. The van der Waals surface area contributed by atoms with E-state index in [0.29, 0.717) is 24.5 Å². The van der Waals surface area contributed by atoms with Gasteiger partial charge in [0, 0.05) is 19.1 Å². The molecule has 194 valence electrons. The third kappa shape index (κ3) is 5.60. The molecule has 2 heterocycles. The summed E-state index contributed by atoms with van der Waals surface area (Å²) >= 11 is 0. The first-order valence-corrected chi connectivity index (χ1v) is 13.2. The van der Waals surface area contributed by atoms with Crippen LogP contribution >= 0.6 is 0 Å². The summed E-state index contributed by atoms with van der Waals surface area (Å²) in [6, 6.07) is 9.92. The van der Waals surface area contributed by atoms with Crippen molar-refractivity contribution in [2.75, 3.05) is 26.2 Å². The Labute approximate surface area is 210 Å². The number of alkyl carbamates (subject to hydrolysis) is 1. The molecule has 2 unspecified atom stereocenters. The lowest BCUT2D eigenvalue weighted by molar-refractivity contribution is -0.0750. The Hall–Kier alpha value is -2.28. The molecule has 0 bridgehead atoms. The maximum absolute atomic E-state index is 12.2.